The summed E-state index contributed by atoms with van der Waals surface area (Å²) in [4.78, 5) is 15.1. The van der Waals surface area contributed by atoms with Gasteiger partial charge in [-0.2, -0.15) is 0 Å². The van der Waals surface area contributed by atoms with E-state index in [-0.39, 0.29) is 5.78 Å². The van der Waals surface area contributed by atoms with Crippen molar-refractivity contribution in [2.45, 2.75) is 31.0 Å². The highest BCUT2D eigenvalue weighted by atomic mass is 32.2. The van der Waals surface area contributed by atoms with Crippen molar-refractivity contribution < 1.29 is 9.53 Å². The van der Waals surface area contributed by atoms with Crippen molar-refractivity contribution in [2.75, 3.05) is 37.0 Å². The summed E-state index contributed by atoms with van der Waals surface area (Å²) >= 11 is 1.47. The first-order valence-electron chi connectivity index (χ1n) is 10.9. The van der Waals surface area contributed by atoms with E-state index in [4.69, 9.17) is 4.74 Å². The van der Waals surface area contributed by atoms with Crippen LogP contribution in [0.5, 0.6) is 0 Å². The fourth-order valence-electron chi connectivity index (χ4n) is 4.25. The Labute approximate surface area is 186 Å². The van der Waals surface area contributed by atoms with Gasteiger partial charge in [0.25, 0.3) is 0 Å². The maximum Gasteiger partial charge on any atom is 0.228 e. The molecule has 2 aliphatic rings. The van der Waals surface area contributed by atoms with Gasteiger partial charge < -0.3 is 9.64 Å². The lowest BCUT2D eigenvalue weighted by Crippen LogP contribution is -2.38. The normalized spacial score (nSPS) is 15.8. The van der Waals surface area contributed by atoms with E-state index in [1.54, 1.807) is 0 Å². The minimum atomic E-state index is 0.141. The molecule has 160 valence electrons. The molecule has 0 N–H and O–H groups in total. The zero-order valence-electron chi connectivity index (χ0n) is 17.5. The number of aryl methyl sites for hydroxylation is 2. The fraction of sp³-hybridized carbons (Fsp3) is 0.375. The predicted molar refractivity (Wildman–Crippen MR) is 122 cm³/mol. The number of ether oxygens (including phenoxy) is 1. The van der Waals surface area contributed by atoms with Crippen molar-refractivity contribution >= 4 is 23.5 Å². The average molecular weight is 435 g/mol. The van der Waals surface area contributed by atoms with Gasteiger partial charge in [-0.3, -0.25) is 9.36 Å². The number of carbonyl (C=O) groups excluding carboxylic acids is 1. The van der Waals surface area contributed by atoms with Crippen molar-refractivity contribution in [2.24, 2.45) is 0 Å². The van der Waals surface area contributed by atoms with Crippen molar-refractivity contribution in [3.8, 4) is 0 Å². The van der Waals surface area contributed by atoms with Gasteiger partial charge in [0.2, 0.25) is 5.95 Å². The summed E-state index contributed by atoms with van der Waals surface area (Å²) in [6.45, 7) is 3.65. The number of thioether (sulfide) groups is 1. The lowest BCUT2D eigenvalue weighted by Gasteiger charge is -2.28. The minimum Gasteiger partial charge on any atom is -0.378 e. The second-order valence-electron chi connectivity index (χ2n) is 8.00. The molecule has 3 aromatic rings. The molecule has 31 heavy (non-hydrogen) atoms. The molecule has 7 heteroatoms. The average Bonchev–Trinajstić information content (AvgIpc) is 3.45. The molecule has 1 fully saturated rings. The molecule has 2 aromatic carbocycles. The van der Waals surface area contributed by atoms with E-state index in [2.05, 4.69) is 43.9 Å². The van der Waals surface area contributed by atoms with Gasteiger partial charge in [-0.1, -0.05) is 54.2 Å². The number of fused-ring (bicyclic) bond motifs is 1. The third kappa shape index (κ3) is 4.52. The second-order valence-corrected chi connectivity index (χ2v) is 8.95. The number of ketones is 1. The summed E-state index contributed by atoms with van der Waals surface area (Å²) in [6.07, 6.45) is 3.40. The van der Waals surface area contributed by atoms with Crippen LogP contribution in [0.3, 0.4) is 0 Å². The molecular formula is C24H26N4O2S. The molecule has 2 heterocycles. The molecule has 1 aliphatic carbocycles. The lowest BCUT2D eigenvalue weighted by atomic mass is 10.0. The monoisotopic (exact) mass is 434 g/mol. The highest BCUT2D eigenvalue weighted by Crippen LogP contribution is 2.27. The largest absolute Gasteiger partial charge is 0.378 e. The van der Waals surface area contributed by atoms with E-state index >= 15 is 0 Å². The van der Waals surface area contributed by atoms with Gasteiger partial charge in [0.1, 0.15) is 0 Å². The molecule has 5 rings (SSSR count). The van der Waals surface area contributed by atoms with Crippen LogP contribution in [-0.4, -0.2) is 52.6 Å². The minimum absolute atomic E-state index is 0.141. The van der Waals surface area contributed by atoms with Crippen LogP contribution in [-0.2, 0) is 24.1 Å². The van der Waals surface area contributed by atoms with Crippen molar-refractivity contribution in [3.63, 3.8) is 0 Å². The number of Topliss-reactive ketones (excluding diaryl/α,β-unsaturated/α-hetero) is 1. The first-order valence-corrected chi connectivity index (χ1v) is 11.8. The molecular weight excluding hydrogens is 408 g/mol. The maximum absolute atomic E-state index is 12.9. The number of morpholine rings is 1. The highest BCUT2D eigenvalue weighted by Gasteiger charge is 2.22. The second kappa shape index (κ2) is 9.24. The number of hydrogen-bond acceptors (Lipinski definition) is 6. The molecule has 0 amide bonds. The van der Waals surface area contributed by atoms with E-state index in [0.29, 0.717) is 25.5 Å². The van der Waals surface area contributed by atoms with Gasteiger partial charge in [-0.15, -0.1) is 10.2 Å². The summed E-state index contributed by atoms with van der Waals surface area (Å²) in [7, 11) is 0. The van der Waals surface area contributed by atoms with Gasteiger partial charge >= 0.3 is 0 Å². The lowest BCUT2D eigenvalue weighted by molar-refractivity contribution is 0.102. The Morgan fingerprint density at radius 2 is 1.81 bits per heavy atom. The SMILES string of the molecule is O=C(CSc1nnc(N2CCOCC2)n1Cc1ccccc1)c1ccc2c(c1)CCC2. The Balaban J connectivity index is 1.35. The smallest absolute Gasteiger partial charge is 0.228 e. The quantitative estimate of drug-likeness (QED) is 0.418. The number of aromatic nitrogens is 3. The van der Waals surface area contributed by atoms with Crippen molar-refractivity contribution in [1.82, 2.24) is 14.8 Å². The molecule has 6 nitrogen and oxygen atoms in total. The van der Waals surface area contributed by atoms with Crippen LogP contribution in [0.1, 0.15) is 33.5 Å². The van der Waals surface area contributed by atoms with Crippen LogP contribution in [0.25, 0.3) is 0 Å². The van der Waals surface area contributed by atoms with Crippen LogP contribution < -0.4 is 4.90 Å². The Kier molecular flexibility index (Phi) is 6.04. The molecule has 0 atom stereocenters. The third-order valence-corrected chi connectivity index (χ3v) is 6.89. The number of hydrogen-bond donors (Lipinski definition) is 0. The van der Waals surface area contributed by atoms with Gasteiger partial charge in [0.15, 0.2) is 10.9 Å². The van der Waals surface area contributed by atoms with E-state index < -0.39 is 0 Å². The number of anilines is 1. The molecule has 0 bridgehead atoms. The molecule has 0 saturated carbocycles. The maximum atomic E-state index is 12.9. The summed E-state index contributed by atoms with van der Waals surface area (Å²) in [5.41, 5.74) is 4.71. The third-order valence-electron chi connectivity index (χ3n) is 5.93. The van der Waals surface area contributed by atoms with E-state index in [1.165, 1.54) is 34.9 Å². The number of benzene rings is 2. The van der Waals surface area contributed by atoms with Crippen LogP contribution in [0.4, 0.5) is 5.95 Å². The Morgan fingerprint density at radius 3 is 2.65 bits per heavy atom. The number of carbonyl (C=O) groups is 1. The first kappa shape index (κ1) is 20.3. The molecule has 1 aromatic heterocycles. The van der Waals surface area contributed by atoms with E-state index in [0.717, 1.165) is 42.6 Å². The molecule has 0 radical (unpaired) electrons. The summed E-state index contributed by atoms with van der Waals surface area (Å²) in [5.74, 6) is 1.34. The van der Waals surface area contributed by atoms with E-state index in [1.807, 2.05) is 24.3 Å². The van der Waals surface area contributed by atoms with Gasteiger partial charge in [0, 0.05) is 18.7 Å². The molecule has 1 aliphatic heterocycles. The van der Waals surface area contributed by atoms with Crippen molar-refractivity contribution in [3.05, 3.63) is 70.8 Å². The van der Waals surface area contributed by atoms with Crippen LogP contribution in [0.15, 0.2) is 53.7 Å². The number of nitrogens with zero attached hydrogens (tertiary/aromatic N) is 4. The zero-order chi connectivity index (χ0) is 21.0. The number of rotatable bonds is 7. The summed E-state index contributed by atoms with van der Waals surface area (Å²) in [6, 6.07) is 16.5. The van der Waals surface area contributed by atoms with Crippen molar-refractivity contribution in [1.29, 1.82) is 0 Å². The zero-order valence-corrected chi connectivity index (χ0v) is 18.3. The first-order chi connectivity index (χ1) is 15.3. The highest BCUT2D eigenvalue weighted by molar-refractivity contribution is 7.99. The van der Waals surface area contributed by atoms with Crippen LogP contribution >= 0.6 is 11.8 Å². The summed E-state index contributed by atoms with van der Waals surface area (Å²) in [5, 5.41) is 9.71. The van der Waals surface area contributed by atoms with Crippen LogP contribution in [0, 0.1) is 0 Å². The van der Waals surface area contributed by atoms with Gasteiger partial charge in [-0.05, 0) is 42.0 Å². The van der Waals surface area contributed by atoms with Gasteiger partial charge in [-0.25, -0.2) is 0 Å². The van der Waals surface area contributed by atoms with Crippen LogP contribution in [0.2, 0.25) is 0 Å². The fourth-order valence-corrected chi connectivity index (χ4v) is 5.08. The molecule has 0 unspecified atom stereocenters. The van der Waals surface area contributed by atoms with E-state index in [9.17, 15) is 4.79 Å². The Hall–Kier alpha value is -2.64. The standard InChI is InChI=1S/C24H26N4O2S/c29-22(21-10-9-19-7-4-8-20(19)15-21)17-31-24-26-25-23(27-11-13-30-14-12-27)28(24)16-18-5-2-1-3-6-18/h1-3,5-6,9-10,15H,4,7-8,11-14,16-17H2. The van der Waals surface area contributed by atoms with Gasteiger partial charge in [0.05, 0.1) is 25.5 Å². The predicted octanol–water partition coefficient (Wildman–Crippen LogP) is 3.63. The topological polar surface area (TPSA) is 60.3 Å². The molecule has 0 spiro atoms. The Morgan fingerprint density at radius 1 is 1.00 bits per heavy atom. The summed E-state index contributed by atoms with van der Waals surface area (Å²) < 4.78 is 7.62. The molecule has 1 saturated heterocycles. The Bertz CT molecular complexity index is 1060.